The van der Waals surface area contributed by atoms with E-state index in [1.54, 1.807) is 0 Å². The molecule has 2 saturated heterocycles. The van der Waals surface area contributed by atoms with Crippen LogP contribution in [0.4, 0.5) is 0 Å². The predicted molar refractivity (Wildman–Crippen MR) is 78.9 cm³/mol. The van der Waals surface area contributed by atoms with Gasteiger partial charge in [-0.1, -0.05) is 26.7 Å². The van der Waals surface area contributed by atoms with Crippen LogP contribution in [0.25, 0.3) is 0 Å². The zero-order valence-corrected chi connectivity index (χ0v) is 12.5. The fraction of sp³-hybridized carbons (Fsp3) is 1.00. The summed E-state index contributed by atoms with van der Waals surface area (Å²) in [6.07, 6.45) is 11.2. The van der Waals surface area contributed by atoms with Gasteiger partial charge in [-0.05, 0) is 57.0 Å². The monoisotopic (exact) mass is 252 g/mol. The molecule has 2 nitrogen and oxygen atoms in total. The van der Waals surface area contributed by atoms with Crippen molar-refractivity contribution in [3.63, 3.8) is 0 Å². The summed E-state index contributed by atoms with van der Waals surface area (Å²) < 4.78 is 0. The molecule has 0 saturated carbocycles. The molecule has 1 spiro atoms. The van der Waals surface area contributed by atoms with E-state index in [1.165, 1.54) is 77.5 Å². The van der Waals surface area contributed by atoms with Gasteiger partial charge in [0.1, 0.15) is 0 Å². The lowest BCUT2D eigenvalue weighted by molar-refractivity contribution is 0.0319. The van der Waals surface area contributed by atoms with Gasteiger partial charge in [0.2, 0.25) is 0 Å². The summed E-state index contributed by atoms with van der Waals surface area (Å²) in [6, 6.07) is 0.860. The molecular weight excluding hydrogens is 220 g/mol. The maximum atomic E-state index is 3.64. The predicted octanol–water partition coefficient (Wildman–Crippen LogP) is 3.42. The number of piperidine rings is 2. The quantitative estimate of drug-likeness (QED) is 0.806. The summed E-state index contributed by atoms with van der Waals surface area (Å²) in [5, 5.41) is 3.64. The first-order chi connectivity index (χ1) is 8.79. The van der Waals surface area contributed by atoms with Crippen molar-refractivity contribution in [2.45, 2.75) is 71.3 Å². The lowest BCUT2D eigenvalue weighted by Crippen LogP contribution is -2.53. The van der Waals surface area contributed by atoms with Crippen LogP contribution in [0, 0.1) is 5.41 Å². The molecule has 2 heterocycles. The molecule has 0 aliphatic carbocycles. The van der Waals surface area contributed by atoms with E-state index in [0.717, 1.165) is 6.04 Å². The van der Waals surface area contributed by atoms with Crippen molar-refractivity contribution in [3.8, 4) is 0 Å². The minimum atomic E-state index is 0.621. The number of nitrogens with zero attached hydrogens (tertiary/aromatic N) is 1. The third-order valence-corrected chi connectivity index (χ3v) is 5.01. The fourth-order valence-electron chi connectivity index (χ4n) is 4.11. The molecule has 0 bridgehead atoms. The highest BCUT2D eigenvalue weighted by Gasteiger charge is 2.37. The Labute approximate surface area is 114 Å². The molecule has 1 atom stereocenters. The topological polar surface area (TPSA) is 15.3 Å². The molecule has 0 radical (unpaired) electrons. The van der Waals surface area contributed by atoms with E-state index < -0.39 is 0 Å². The van der Waals surface area contributed by atoms with Gasteiger partial charge in [-0.3, -0.25) is 4.90 Å². The van der Waals surface area contributed by atoms with Crippen LogP contribution in [-0.4, -0.2) is 37.1 Å². The molecular formula is C16H32N2. The molecule has 0 amide bonds. The average molecular weight is 252 g/mol. The first kappa shape index (κ1) is 14.3. The zero-order valence-electron chi connectivity index (χ0n) is 12.5. The normalized spacial score (nSPS) is 30.2. The van der Waals surface area contributed by atoms with E-state index in [2.05, 4.69) is 24.1 Å². The lowest BCUT2D eigenvalue weighted by atomic mass is 9.74. The first-order valence-corrected chi connectivity index (χ1v) is 8.24. The van der Waals surface area contributed by atoms with E-state index in [-0.39, 0.29) is 0 Å². The third-order valence-electron chi connectivity index (χ3n) is 5.01. The maximum Gasteiger partial charge on any atom is 0.00952 e. The Morgan fingerprint density at radius 2 is 1.83 bits per heavy atom. The Bertz CT molecular complexity index is 222. The van der Waals surface area contributed by atoms with Gasteiger partial charge >= 0.3 is 0 Å². The van der Waals surface area contributed by atoms with Gasteiger partial charge in [-0.25, -0.2) is 0 Å². The molecule has 2 aliphatic rings. The summed E-state index contributed by atoms with van der Waals surface area (Å²) in [4.78, 5) is 2.84. The molecule has 1 N–H and O–H groups in total. The molecule has 2 fully saturated rings. The maximum absolute atomic E-state index is 3.64. The fourth-order valence-corrected chi connectivity index (χ4v) is 4.11. The Kier molecular flexibility index (Phi) is 5.50. The second kappa shape index (κ2) is 6.91. The Morgan fingerprint density at radius 1 is 1.11 bits per heavy atom. The van der Waals surface area contributed by atoms with Crippen molar-refractivity contribution in [1.29, 1.82) is 0 Å². The molecule has 0 aromatic heterocycles. The molecule has 106 valence electrons. The number of hydrogen-bond donors (Lipinski definition) is 1. The minimum absolute atomic E-state index is 0.621. The molecule has 18 heavy (non-hydrogen) atoms. The van der Waals surface area contributed by atoms with Gasteiger partial charge in [0.05, 0.1) is 0 Å². The van der Waals surface area contributed by atoms with Gasteiger partial charge in [-0.15, -0.1) is 0 Å². The van der Waals surface area contributed by atoms with E-state index in [0.29, 0.717) is 5.41 Å². The Hall–Kier alpha value is -0.0800. The summed E-state index contributed by atoms with van der Waals surface area (Å²) in [5.41, 5.74) is 0.621. The number of hydrogen-bond acceptors (Lipinski definition) is 2. The SMILES string of the molecule is CCCC(CCC)N1CCCC2(CCCNC2)C1. The molecule has 2 heteroatoms. The minimum Gasteiger partial charge on any atom is -0.316 e. The van der Waals surface area contributed by atoms with Gasteiger partial charge in [0.15, 0.2) is 0 Å². The van der Waals surface area contributed by atoms with Crippen LogP contribution >= 0.6 is 0 Å². The third kappa shape index (κ3) is 3.48. The van der Waals surface area contributed by atoms with Crippen LogP contribution in [0.3, 0.4) is 0 Å². The summed E-state index contributed by atoms with van der Waals surface area (Å²) in [6.45, 7) is 9.91. The van der Waals surface area contributed by atoms with Crippen molar-refractivity contribution in [2.24, 2.45) is 5.41 Å². The summed E-state index contributed by atoms with van der Waals surface area (Å²) in [7, 11) is 0. The highest BCUT2D eigenvalue weighted by atomic mass is 15.2. The van der Waals surface area contributed by atoms with Gasteiger partial charge < -0.3 is 5.32 Å². The van der Waals surface area contributed by atoms with E-state index >= 15 is 0 Å². The van der Waals surface area contributed by atoms with E-state index in [1.807, 2.05) is 0 Å². The summed E-state index contributed by atoms with van der Waals surface area (Å²) >= 11 is 0. The second-order valence-corrected chi connectivity index (χ2v) is 6.59. The van der Waals surface area contributed by atoms with Crippen molar-refractivity contribution in [2.75, 3.05) is 26.2 Å². The summed E-state index contributed by atoms with van der Waals surface area (Å²) in [5.74, 6) is 0. The van der Waals surface area contributed by atoms with E-state index in [4.69, 9.17) is 0 Å². The van der Waals surface area contributed by atoms with Crippen molar-refractivity contribution >= 4 is 0 Å². The number of likely N-dealkylation sites (tertiary alicyclic amines) is 1. The molecule has 0 aromatic carbocycles. The van der Waals surface area contributed by atoms with Crippen LogP contribution in [0.15, 0.2) is 0 Å². The average Bonchev–Trinajstić information content (AvgIpc) is 2.39. The van der Waals surface area contributed by atoms with Crippen molar-refractivity contribution in [3.05, 3.63) is 0 Å². The van der Waals surface area contributed by atoms with Crippen LogP contribution in [0.2, 0.25) is 0 Å². The highest BCUT2D eigenvalue weighted by molar-refractivity contribution is 4.93. The molecule has 2 rings (SSSR count). The number of rotatable bonds is 5. The highest BCUT2D eigenvalue weighted by Crippen LogP contribution is 2.37. The molecule has 0 aromatic rings. The molecule has 1 unspecified atom stereocenters. The smallest absolute Gasteiger partial charge is 0.00952 e. The van der Waals surface area contributed by atoms with Crippen LogP contribution < -0.4 is 5.32 Å². The number of nitrogens with one attached hydrogen (secondary N) is 1. The Balaban J connectivity index is 1.95. The largest absolute Gasteiger partial charge is 0.316 e. The van der Waals surface area contributed by atoms with Gasteiger partial charge in [-0.2, -0.15) is 0 Å². The van der Waals surface area contributed by atoms with Crippen molar-refractivity contribution in [1.82, 2.24) is 10.2 Å². The Morgan fingerprint density at radius 3 is 2.44 bits per heavy atom. The molecule has 2 aliphatic heterocycles. The van der Waals surface area contributed by atoms with Gasteiger partial charge in [0, 0.05) is 19.1 Å². The van der Waals surface area contributed by atoms with Crippen molar-refractivity contribution < 1.29 is 0 Å². The lowest BCUT2D eigenvalue weighted by Gasteiger charge is -2.48. The second-order valence-electron chi connectivity index (χ2n) is 6.59. The van der Waals surface area contributed by atoms with Crippen LogP contribution in [0.1, 0.15) is 65.2 Å². The van der Waals surface area contributed by atoms with Crippen LogP contribution in [-0.2, 0) is 0 Å². The van der Waals surface area contributed by atoms with E-state index in [9.17, 15) is 0 Å². The first-order valence-electron chi connectivity index (χ1n) is 8.24. The zero-order chi connectivity index (χ0) is 12.8. The van der Waals surface area contributed by atoms with Gasteiger partial charge in [0.25, 0.3) is 0 Å². The van der Waals surface area contributed by atoms with Crippen LogP contribution in [0.5, 0.6) is 0 Å². The standard InChI is InChI=1S/C16H32N2/c1-3-7-15(8-4-2)18-12-6-10-16(14-18)9-5-11-17-13-16/h15,17H,3-14H2,1-2H3.